The highest BCUT2D eigenvalue weighted by molar-refractivity contribution is 9.10. The summed E-state index contributed by atoms with van der Waals surface area (Å²) in [6.45, 7) is 0.203. The number of aromatic nitrogens is 1. The first-order valence-corrected chi connectivity index (χ1v) is 7.20. The van der Waals surface area contributed by atoms with Crippen molar-refractivity contribution in [3.05, 3.63) is 34.4 Å². The van der Waals surface area contributed by atoms with E-state index >= 15 is 0 Å². The first-order valence-electron chi connectivity index (χ1n) is 6.41. The average Bonchev–Trinajstić information content (AvgIpc) is 2.80. The number of likely N-dealkylation sites (tertiary alicyclic amines) is 1. The van der Waals surface area contributed by atoms with Crippen molar-refractivity contribution in [3.8, 4) is 0 Å². The Morgan fingerprint density at radius 1 is 1.30 bits per heavy atom. The summed E-state index contributed by atoms with van der Waals surface area (Å²) in [6, 6.07) is 5.42. The van der Waals surface area contributed by atoms with Crippen LogP contribution in [-0.2, 0) is 0 Å². The molecule has 1 aromatic carbocycles. The summed E-state index contributed by atoms with van der Waals surface area (Å²) in [5.74, 6) is -2.83. The van der Waals surface area contributed by atoms with Gasteiger partial charge in [-0.2, -0.15) is 0 Å². The zero-order valence-corrected chi connectivity index (χ0v) is 12.2. The largest absolute Gasteiger partial charge is 0.359 e. The number of amides is 1. The van der Waals surface area contributed by atoms with Crippen LogP contribution in [0, 0.1) is 0 Å². The molecule has 2 heterocycles. The Hall–Kier alpha value is -1.43. The van der Waals surface area contributed by atoms with E-state index in [1.54, 1.807) is 18.3 Å². The number of aromatic amines is 1. The lowest BCUT2D eigenvalue weighted by Crippen LogP contribution is -2.42. The zero-order chi connectivity index (χ0) is 14.3. The molecule has 1 saturated heterocycles. The molecule has 1 aliphatic rings. The fourth-order valence-electron chi connectivity index (χ4n) is 2.51. The highest BCUT2D eigenvalue weighted by atomic mass is 79.9. The molecule has 1 N–H and O–H groups in total. The molecule has 1 amide bonds. The lowest BCUT2D eigenvalue weighted by atomic mass is 10.0. The van der Waals surface area contributed by atoms with Gasteiger partial charge in [0.15, 0.2) is 0 Å². The SMILES string of the molecule is O=C(c1cccc2c(Br)c[nH]c12)N1CCC(F)(F)CC1. The average molecular weight is 343 g/mol. The van der Waals surface area contributed by atoms with Crippen LogP contribution in [0.25, 0.3) is 10.9 Å². The van der Waals surface area contributed by atoms with Crippen molar-refractivity contribution in [1.82, 2.24) is 9.88 Å². The minimum absolute atomic E-state index is 0.101. The molecule has 6 heteroatoms. The number of H-pyrrole nitrogens is 1. The molecule has 3 nitrogen and oxygen atoms in total. The molecule has 20 heavy (non-hydrogen) atoms. The Balaban J connectivity index is 1.90. The van der Waals surface area contributed by atoms with E-state index in [1.807, 2.05) is 6.07 Å². The number of rotatable bonds is 1. The Bertz CT molecular complexity index is 658. The minimum Gasteiger partial charge on any atom is -0.359 e. The fourth-order valence-corrected chi connectivity index (χ4v) is 2.95. The van der Waals surface area contributed by atoms with Crippen molar-refractivity contribution in [2.45, 2.75) is 18.8 Å². The number of para-hydroxylation sites is 1. The smallest absolute Gasteiger partial charge is 0.255 e. The topological polar surface area (TPSA) is 36.1 Å². The van der Waals surface area contributed by atoms with E-state index in [0.717, 1.165) is 15.4 Å². The van der Waals surface area contributed by atoms with E-state index in [1.165, 1.54) is 4.90 Å². The van der Waals surface area contributed by atoms with Gasteiger partial charge in [0.2, 0.25) is 0 Å². The van der Waals surface area contributed by atoms with Crippen LogP contribution in [0.4, 0.5) is 8.78 Å². The van der Waals surface area contributed by atoms with Gasteiger partial charge in [0, 0.05) is 42.0 Å². The highest BCUT2D eigenvalue weighted by Gasteiger charge is 2.36. The lowest BCUT2D eigenvalue weighted by Gasteiger charge is -2.31. The fraction of sp³-hybridized carbons (Fsp3) is 0.357. The molecular formula is C14H13BrF2N2O. The first kappa shape index (κ1) is 13.5. The van der Waals surface area contributed by atoms with E-state index in [4.69, 9.17) is 0 Å². The van der Waals surface area contributed by atoms with Gasteiger partial charge in [-0.05, 0) is 22.0 Å². The van der Waals surface area contributed by atoms with Crippen LogP contribution in [0.2, 0.25) is 0 Å². The van der Waals surface area contributed by atoms with Crippen molar-refractivity contribution in [2.75, 3.05) is 13.1 Å². The molecule has 0 spiro atoms. The molecular weight excluding hydrogens is 330 g/mol. The van der Waals surface area contributed by atoms with Gasteiger partial charge in [-0.25, -0.2) is 8.78 Å². The van der Waals surface area contributed by atoms with Gasteiger partial charge in [-0.1, -0.05) is 12.1 Å². The third-order valence-electron chi connectivity index (χ3n) is 3.68. The molecule has 0 radical (unpaired) electrons. The van der Waals surface area contributed by atoms with Crippen molar-refractivity contribution >= 4 is 32.7 Å². The summed E-state index contributed by atoms with van der Waals surface area (Å²) in [5.41, 5.74) is 1.26. The molecule has 1 aromatic heterocycles. The van der Waals surface area contributed by atoms with Crippen molar-refractivity contribution in [2.24, 2.45) is 0 Å². The van der Waals surface area contributed by atoms with E-state index in [9.17, 15) is 13.6 Å². The second kappa shape index (κ2) is 4.84. The number of halogens is 3. The quantitative estimate of drug-likeness (QED) is 0.840. The lowest BCUT2D eigenvalue weighted by molar-refractivity contribution is -0.0493. The summed E-state index contributed by atoms with van der Waals surface area (Å²) in [6.07, 6.45) is 1.25. The predicted octanol–water partition coefficient (Wildman–Crippen LogP) is 3.80. The number of carbonyl (C=O) groups is 1. The Morgan fingerprint density at radius 2 is 2.00 bits per heavy atom. The minimum atomic E-state index is -2.64. The summed E-state index contributed by atoms with van der Waals surface area (Å²) in [5, 5.41) is 0.915. The molecule has 3 rings (SSSR count). The zero-order valence-electron chi connectivity index (χ0n) is 10.6. The van der Waals surface area contributed by atoms with Crippen molar-refractivity contribution in [1.29, 1.82) is 0 Å². The summed E-state index contributed by atoms with van der Waals surface area (Å²) < 4.78 is 27.2. The molecule has 0 atom stereocenters. The predicted molar refractivity (Wildman–Crippen MR) is 76.1 cm³/mol. The van der Waals surface area contributed by atoms with Gasteiger partial charge in [-0.3, -0.25) is 4.79 Å². The van der Waals surface area contributed by atoms with Crippen LogP contribution in [0.1, 0.15) is 23.2 Å². The number of hydrogen-bond donors (Lipinski definition) is 1. The number of piperidine rings is 1. The van der Waals surface area contributed by atoms with E-state index in [2.05, 4.69) is 20.9 Å². The second-order valence-corrected chi connectivity index (χ2v) is 5.87. The van der Waals surface area contributed by atoms with Crippen LogP contribution < -0.4 is 0 Å². The highest BCUT2D eigenvalue weighted by Crippen LogP contribution is 2.30. The normalized spacial score (nSPS) is 18.4. The van der Waals surface area contributed by atoms with Crippen LogP contribution in [-0.4, -0.2) is 34.8 Å². The maximum absolute atomic E-state index is 13.1. The van der Waals surface area contributed by atoms with Gasteiger partial charge in [-0.15, -0.1) is 0 Å². The third-order valence-corrected chi connectivity index (χ3v) is 4.33. The number of carbonyl (C=O) groups excluding carboxylic acids is 1. The van der Waals surface area contributed by atoms with E-state index in [-0.39, 0.29) is 31.8 Å². The molecule has 1 fully saturated rings. The van der Waals surface area contributed by atoms with Crippen LogP contribution >= 0.6 is 15.9 Å². The van der Waals surface area contributed by atoms with Gasteiger partial charge >= 0.3 is 0 Å². The summed E-state index contributed by atoms with van der Waals surface area (Å²) in [4.78, 5) is 17.0. The third kappa shape index (κ3) is 2.32. The summed E-state index contributed by atoms with van der Waals surface area (Å²) in [7, 11) is 0. The molecule has 0 bridgehead atoms. The number of nitrogens with one attached hydrogen (secondary N) is 1. The molecule has 106 valence electrons. The Labute approximate surface area is 123 Å². The van der Waals surface area contributed by atoms with E-state index < -0.39 is 5.92 Å². The van der Waals surface area contributed by atoms with Crippen LogP contribution in [0.3, 0.4) is 0 Å². The van der Waals surface area contributed by atoms with Gasteiger partial charge in [0.1, 0.15) is 0 Å². The van der Waals surface area contributed by atoms with Gasteiger partial charge in [0.25, 0.3) is 11.8 Å². The van der Waals surface area contributed by atoms with Crippen LogP contribution in [0.5, 0.6) is 0 Å². The van der Waals surface area contributed by atoms with E-state index in [0.29, 0.717) is 5.56 Å². The maximum Gasteiger partial charge on any atom is 0.255 e. The Kier molecular flexibility index (Phi) is 3.28. The Morgan fingerprint density at radius 3 is 2.70 bits per heavy atom. The second-order valence-electron chi connectivity index (χ2n) is 5.01. The number of benzene rings is 1. The van der Waals surface area contributed by atoms with Gasteiger partial charge in [0.05, 0.1) is 11.1 Å². The molecule has 0 unspecified atom stereocenters. The number of alkyl halides is 2. The summed E-state index contributed by atoms with van der Waals surface area (Å²) >= 11 is 3.41. The number of fused-ring (bicyclic) bond motifs is 1. The first-order chi connectivity index (χ1) is 9.48. The van der Waals surface area contributed by atoms with Crippen molar-refractivity contribution in [3.63, 3.8) is 0 Å². The van der Waals surface area contributed by atoms with Crippen LogP contribution in [0.15, 0.2) is 28.9 Å². The molecule has 1 aliphatic heterocycles. The number of hydrogen-bond acceptors (Lipinski definition) is 1. The maximum atomic E-state index is 13.1. The molecule has 2 aromatic rings. The standard InChI is InChI=1S/C14H13BrF2N2O/c15-11-8-18-12-9(11)2-1-3-10(12)13(20)19-6-4-14(16,17)5-7-19/h1-3,8,18H,4-7H2. The monoisotopic (exact) mass is 342 g/mol. The van der Waals surface area contributed by atoms with Crippen molar-refractivity contribution < 1.29 is 13.6 Å². The number of nitrogens with zero attached hydrogens (tertiary/aromatic N) is 1. The van der Waals surface area contributed by atoms with Gasteiger partial charge < -0.3 is 9.88 Å². The molecule has 0 saturated carbocycles. The molecule has 0 aliphatic carbocycles.